The lowest BCUT2D eigenvalue weighted by Crippen LogP contribution is -2.58. The van der Waals surface area contributed by atoms with Crippen molar-refractivity contribution in [2.45, 2.75) is 136 Å². The van der Waals surface area contributed by atoms with Gasteiger partial charge >= 0.3 is 0 Å². The molecule has 10 heteroatoms. The van der Waals surface area contributed by atoms with Gasteiger partial charge < -0.3 is 27.5 Å². The first-order valence-electron chi connectivity index (χ1n) is 16.5. The molecular weight excluding hydrogens is 605 g/mol. The molecule has 2 aliphatic heterocycles. The number of Topliss-reactive ketones (excluding diaryl/α,β-unsaturated/α-hetero) is 1. The summed E-state index contributed by atoms with van der Waals surface area (Å²) in [4.78, 5) is 13.6. The average Bonchev–Trinajstić information content (AvgIpc) is 3.57. The molecule has 2 heterocycles. The molecule has 0 spiro atoms. The Hall–Kier alpha value is -1.12. The van der Waals surface area contributed by atoms with Gasteiger partial charge in [0.15, 0.2) is 30.7 Å². The molecule has 8 atom stereocenters. The van der Waals surface area contributed by atoms with Gasteiger partial charge in [0.25, 0.3) is 0 Å². The third-order valence-corrected chi connectivity index (χ3v) is 11.9. The number of hydrogen-bond donors (Lipinski definition) is 0. The van der Waals surface area contributed by atoms with Crippen molar-refractivity contribution in [2.75, 3.05) is 13.7 Å². The summed E-state index contributed by atoms with van der Waals surface area (Å²) < 4.78 is 38.9. The van der Waals surface area contributed by atoms with Crippen LogP contribution in [0.1, 0.15) is 49.5 Å². The van der Waals surface area contributed by atoms with E-state index in [-0.39, 0.29) is 48.3 Å². The number of carbonyl (C=O) groups excluding carboxylic acids is 1. The van der Waals surface area contributed by atoms with Crippen LogP contribution in [0, 0.1) is 11.8 Å². The van der Waals surface area contributed by atoms with Gasteiger partial charge in [0.05, 0.1) is 49.8 Å². The van der Waals surface area contributed by atoms with Gasteiger partial charge in [-0.05, 0) is 97.2 Å². The predicted octanol–water partition coefficient (Wildman–Crippen LogP) is 7.63. The van der Waals surface area contributed by atoms with Gasteiger partial charge in [0.1, 0.15) is 5.75 Å². The first-order chi connectivity index (χ1) is 20.3. The molecule has 0 N–H and O–H groups in total. The minimum atomic E-state index is -1.97. The number of ketones is 1. The van der Waals surface area contributed by atoms with E-state index < -0.39 is 25.0 Å². The molecule has 3 aliphatic rings. The number of allylic oxidation sites excluding steroid dienone is 1. The Morgan fingerprint density at radius 1 is 0.932 bits per heavy atom. The molecule has 4 rings (SSSR count). The Kier molecular flexibility index (Phi) is 11.0. The molecule has 1 aromatic carbocycles. The van der Waals surface area contributed by atoms with Crippen molar-refractivity contribution < 1.29 is 32.3 Å². The molecule has 0 unspecified atom stereocenters. The molecule has 2 fully saturated rings. The predicted molar refractivity (Wildman–Crippen MR) is 184 cm³/mol. The van der Waals surface area contributed by atoms with E-state index in [4.69, 9.17) is 27.5 Å². The van der Waals surface area contributed by atoms with E-state index in [1.807, 2.05) is 18.2 Å². The highest BCUT2D eigenvalue weighted by atomic mass is 28.4. The molecule has 0 bridgehead atoms. The highest BCUT2D eigenvalue weighted by Gasteiger charge is 2.51. The zero-order chi connectivity index (χ0) is 32.8. The van der Waals surface area contributed by atoms with Gasteiger partial charge in [-0.15, -0.1) is 0 Å². The molecule has 7 nitrogen and oxygen atoms in total. The number of benzene rings is 1. The van der Waals surface area contributed by atoms with Crippen molar-refractivity contribution in [3.8, 4) is 5.75 Å². The van der Waals surface area contributed by atoms with Crippen molar-refractivity contribution in [1.82, 2.24) is 0 Å². The molecule has 1 aliphatic carbocycles. The first-order valence-corrected chi connectivity index (χ1v) is 26.7. The number of methoxy groups -OCH3 is 1. The molecule has 248 valence electrons. The number of epoxide rings is 1. The fourth-order valence-electron chi connectivity index (χ4n) is 6.80. The van der Waals surface area contributed by atoms with Crippen molar-refractivity contribution in [1.29, 1.82) is 0 Å². The normalized spacial score (nSPS) is 30.2. The monoisotopic (exact) mass is 662 g/mol. The van der Waals surface area contributed by atoms with Gasteiger partial charge in [-0.1, -0.05) is 24.6 Å². The second-order valence-electron chi connectivity index (χ2n) is 16.2. The summed E-state index contributed by atoms with van der Waals surface area (Å²) in [6.07, 6.45) is 2.20. The third-order valence-electron chi connectivity index (χ3n) is 8.84. The lowest BCUT2D eigenvalue weighted by molar-refractivity contribution is -0.152. The zero-order valence-electron chi connectivity index (χ0n) is 29.5. The van der Waals surface area contributed by atoms with Crippen LogP contribution in [-0.2, 0) is 29.2 Å². The summed E-state index contributed by atoms with van der Waals surface area (Å²) in [5, 5.41) is 0. The zero-order valence-corrected chi connectivity index (χ0v) is 32.5. The molecule has 2 saturated heterocycles. The molecule has 0 saturated carbocycles. The van der Waals surface area contributed by atoms with Crippen LogP contribution in [0.4, 0.5) is 0 Å². The molecule has 1 aromatic rings. The smallest absolute Gasteiger partial charge is 0.193 e. The quantitative estimate of drug-likeness (QED) is 0.122. The first kappa shape index (κ1) is 35.7. The summed E-state index contributed by atoms with van der Waals surface area (Å²) in [6, 6.07) is 5.85. The Bertz CT molecular complexity index is 1210. The van der Waals surface area contributed by atoms with E-state index in [1.54, 1.807) is 7.11 Å². The Morgan fingerprint density at radius 2 is 1.57 bits per heavy atom. The minimum absolute atomic E-state index is 0.0691. The number of fused-ring (bicyclic) bond motifs is 1. The van der Waals surface area contributed by atoms with Crippen molar-refractivity contribution in [3.63, 3.8) is 0 Å². The van der Waals surface area contributed by atoms with E-state index >= 15 is 0 Å². The molecule has 0 aromatic heterocycles. The number of carbonyl (C=O) groups is 1. The van der Waals surface area contributed by atoms with Crippen LogP contribution >= 0.6 is 0 Å². The van der Waals surface area contributed by atoms with Gasteiger partial charge in [-0.2, -0.15) is 0 Å². The summed E-state index contributed by atoms with van der Waals surface area (Å²) >= 11 is 0. The van der Waals surface area contributed by atoms with Crippen LogP contribution in [0.25, 0.3) is 0 Å². The standard InChI is InChI=1S/C34H58O7Si3/c1-21(26-18-24-15-14-16-27(36-4)30(24)31(26)35)17-28-34(41-44(11,12)13)33(40-43(8,9)10)25(20-37-28)19-29-32(38-29)22(2)23(3)39-42(5,6)7/h14-16,22-23,25,28-29,32-34H,17-20H2,1-13H3/t22-,23+,25+,28+,29+,32+,33-,34-/m1/s1. The maximum atomic E-state index is 13.6. The highest BCUT2D eigenvalue weighted by molar-refractivity contribution is 6.70. The van der Waals surface area contributed by atoms with E-state index in [9.17, 15) is 4.79 Å². The van der Waals surface area contributed by atoms with E-state index in [0.717, 1.165) is 23.1 Å². The number of ether oxygens (including phenoxy) is 3. The summed E-state index contributed by atoms with van der Waals surface area (Å²) in [7, 11) is -3.91. The van der Waals surface area contributed by atoms with Crippen molar-refractivity contribution in [3.05, 3.63) is 40.5 Å². The Labute approximate surface area is 269 Å². The fourth-order valence-corrected chi connectivity index (χ4v) is 10.4. The average molecular weight is 663 g/mol. The van der Waals surface area contributed by atoms with Crippen LogP contribution in [0.5, 0.6) is 5.75 Å². The summed E-state index contributed by atoms with van der Waals surface area (Å²) in [5.41, 5.74) is 3.63. The van der Waals surface area contributed by atoms with E-state index in [2.05, 4.69) is 79.7 Å². The molecule has 0 amide bonds. The van der Waals surface area contributed by atoms with Gasteiger partial charge in [0, 0.05) is 29.9 Å². The Balaban J connectivity index is 1.55. The SMILES string of the molecule is COc1cccc2c1C(=O)C(=C(C)C[C@@H]1OC[C@H](C[C@@H]3O[C@H]3[C@H](C)[C@H](C)O[Si](C)(C)C)[C@@H](O[Si](C)(C)C)[C@@H]1O[Si](C)(C)C)C2. The third kappa shape index (κ3) is 9.02. The van der Waals surface area contributed by atoms with Crippen LogP contribution in [0.2, 0.25) is 58.9 Å². The van der Waals surface area contributed by atoms with Crippen LogP contribution in [-0.4, -0.2) is 81.1 Å². The van der Waals surface area contributed by atoms with Crippen molar-refractivity contribution >= 4 is 30.7 Å². The van der Waals surface area contributed by atoms with Crippen LogP contribution in [0.15, 0.2) is 29.3 Å². The fraction of sp³-hybridized carbons (Fsp3) is 0.735. The van der Waals surface area contributed by atoms with Gasteiger partial charge in [0.2, 0.25) is 0 Å². The molecular formula is C34H58O7Si3. The van der Waals surface area contributed by atoms with Crippen LogP contribution in [0.3, 0.4) is 0 Å². The second-order valence-corrected chi connectivity index (χ2v) is 29.5. The summed E-state index contributed by atoms with van der Waals surface area (Å²) in [6.45, 7) is 27.3. The lowest BCUT2D eigenvalue weighted by atomic mass is 9.85. The van der Waals surface area contributed by atoms with Gasteiger partial charge in [-0.3, -0.25) is 4.79 Å². The topological polar surface area (TPSA) is 75.8 Å². The molecule has 44 heavy (non-hydrogen) atoms. The summed E-state index contributed by atoms with van der Waals surface area (Å²) in [5.74, 6) is 1.21. The second kappa shape index (κ2) is 13.5. The van der Waals surface area contributed by atoms with Crippen LogP contribution < -0.4 is 4.74 Å². The minimum Gasteiger partial charge on any atom is -0.496 e. The lowest BCUT2D eigenvalue weighted by Gasteiger charge is -2.47. The maximum Gasteiger partial charge on any atom is 0.193 e. The highest BCUT2D eigenvalue weighted by Crippen LogP contribution is 2.42. The van der Waals surface area contributed by atoms with Gasteiger partial charge in [-0.25, -0.2) is 0 Å². The number of hydrogen-bond acceptors (Lipinski definition) is 7. The Morgan fingerprint density at radius 3 is 2.16 bits per heavy atom. The van der Waals surface area contributed by atoms with E-state index in [0.29, 0.717) is 36.7 Å². The molecule has 0 radical (unpaired) electrons. The maximum absolute atomic E-state index is 13.6. The largest absolute Gasteiger partial charge is 0.496 e. The van der Waals surface area contributed by atoms with E-state index in [1.165, 1.54) is 0 Å². The number of rotatable bonds is 13. The van der Waals surface area contributed by atoms with Crippen molar-refractivity contribution in [2.24, 2.45) is 11.8 Å².